The van der Waals surface area contributed by atoms with Crippen LogP contribution in [-0.2, 0) is 0 Å². The molecule has 0 saturated heterocycles. The Morgan fingerprint density at radius 2 is 1.71 bits per heavy atom. The highest BCUT2D eigenvalue weighted by Crippen LogP contribution is 2.55. The largest absolute Gasteiger partial charge is 0.388 e. The fraction of sp³-hybridized carbons (Fsp3) is 0.933. The number of nitrogens with zero attached hydrogens (tertiary/aromatic N) is 1. The number of aliphatic hydroxyl groups is 1. The lowest BCUT2D eigenvalue weighted by Crippen LogP contribution is -2.49. The van der Waals surface area contributed by atoms with Crippen molar-refractivity contribution in [2.75, 3.05) is 0 Å². The van der Waals surface area contributed by atoms with Crippen molar-refractivity contribution in [1.82, 2.24) is 0 Å². The van der Waals surface area contributed by atoms with Gasteiger partial charge in [-0.2, -0.15) is 5.26 Å². The van der Waals surface area contributed by atoms with Gasteiger partial charge in [0.05, 0.1) is 17.1 Å². The van der Waals surface area contributed by atoms with Crippen LogP contribution in [0.5, 0.6) is 0 Å². The number of hydrogen-bond acceptors (Lipinski definition) is 2. The summed E-state index contributed by atoms with van der Waals surface area (Å²) < 4.78 is 0. The molecule has 1 N–H and O–H groups in total. The van der Waals surface area contributed by atoms with Crippen LogP contribution in [0.3, 0.4) is 0 Å². The van der Waals surface area contributed by atoms with Crippen molar-refractivity contribution in [1.29, 1.82) is 5.26 Å². The maximum Gasteiger partial charge on any atom is 0.0862 e. The van der Waals surface area contributed by atoms with Gasteiger partial charge in [-0.05, 0) is 56.3 Å². The summed E-state index contributed by atoms with van der Waals surface area (Å²) in [7, 11) is 0. The van der Waals surface area contributed by atoms with Crippen LogP contribution in [0.15, 0.2) is 0 Å². The zero-order valence-electron chi connectivity index (χ0n) is 11.4. The summed E-state index contributed by atoms with van der Waals surface area (Å²) in [6.45, 7) is 6.74. The molecule has 0 amide bonds. The molecule has 2 heteroatoms. The fourth-order valence-electron chi connectivity index (χ4n) is 3.74. The Morgan fingerprint density at radius 3 is 2.12 bits per heavy atom. The van der Waals surface area contributed by atoms with E-state index >= 15 is 0 Å². The van der Waals surface area contributed by atoms with Gasteiger partial charge in [0.2, 0.25) is 0 Å². The fourth-order valence-corrected chi connectivity index (χ4v) is 3.74. The van der Waals surface area contributed by atoms with Crippen molar-refractivity contribution in [2.45, 2.75) is 71.3 Å². The minimum Gasteiger partial charge on any atom is -0.388 e. The van der Waals surface area contributed by atoms with Crippen molar-refractivity contribution >= 4 is 0 Å². The second kappa shape index (κ2) is 3.99. The first-order chi connectivity index (χ1) is 7.83. The lowest BCUT2D eigenvalue weighted by molar-refractivity contribution is -0.100. The van der Waals surface area contributed by atoms with Gasteiger partial charge in [0, 0.05) is 0 Å². The highest BCUT2D eigenvalue weighted by Gasteiger charge is 2.55. The van der Waals surface area contributed by atoms with E-state index in [2.05, 4.69) is 26.8 Å². The number of hydrogen-bond donors (Lipinski definition) is 1. The van der Waals surface area contributed by atoms with E-state index in [1.807, 2.05) is 0 Å². The average molecular weight is 235 g/mol. The molecule has 2 rings (SSSR count). The van der Waals surface area contributed by atoms with Gasteiger partial charge in [0.1, 0.15) is 0 Å². The van der Waals surface area contributed by atoms with Gasteiger partial charge >= 0.3 is 0 Å². The Labute approximate surface area is 105 Å². The van der Waals surface area contributed by atoms with Crippen LogP contribution >= 0.6 is 0 Å². The average Bonchev–Trinajstić information content (AvgIpc) is 2.67. The SMILES string of the molecule is CC1CCC(C#N)(C2(O)CCC(C)(C)CC2)C1. The molecule has 96 valence electrons. The Balaban J connectivity index is 2.19. The molecule has 17 heavy (non-hydrogen) atoms. The van der Waals surface area contributed by atoms with Gasteiger partial charge in [-0.25, -0.2) is 0 Å². The van der Waals surface area contributed by atoms with Crippen LogP contribution < -0.4 is 0 Å². The lowest BCUT2D eigenvalue weighted by Gasteiger charge is -2.47. The molecule has 0 spiro atoms. The van der Waals surface area contributed by atoms with Crippen LogP contribution in [0.4, 0.5) is 0 Å². The van der Waals surface area contributed by atoms with Crippen LogP contribution in [0.25, 0.3) is 0 Å². The molecule has 0 aromatic heterocycles. The molecule has 2 atom stereocenters. The number of nitriles is 1. The molecule has 0 aliphatic heterocycles. The van der Waals surface area contributed by atoms with E-state index in [0.717, 1.165) is 44.9 Å². The van der Waals surface area contributed by atoms with E-state index in [9.17, 15) is 10.4 Å². The van der Waals surface area contributed by atoms with Crippen molar-refractivity contribution in [3.8, 4) is 6.07 Å². The molecule has 0 bridgehead atoms. The summed E-state index contributed by atoms with van der Waals surface area (Å²) in [5, 5.41) is 20.5. The Kier molecular flexibility index (Phi) is 3.02. The zero-order chi connectivity index (χ0) is 12.7. The molecule has 2 nitrogen and oxygen atoms in total. The van der Waals surface area contributed by atoms with Gasteiger partial charge in [0.15, 0.2) is 0 Å². The highest BCUT2D eigenvalue weighted by molar-refractivity contribution is 5.15. The second-order valence-electron chi connectivity index (χ2n) is 7.24. The third-order valence-electron chi connectivity index (χ3n) is 5.30. The van der Waals surface area contributed by atoms with Crippen LogP contribution in [-0.4, -0.2) is 10.7 Å². The lowest BCUT2D eigenvalue weighted by atomic mass is 9.60. The molecular weight excluding hydrogens is 210 g/mol. The van der Waals surface area contributed by atoms with E-state index in [4.69, 9.17) is 0 Å². The smallest absolute Gasteiger partial charge is 0.0862 e. The second-order valence-corrected chi connectivity index (χ2v) is 7.24. The Hall–Kier alpha value is -0.550. The van der Waals surface area contributed by atoms with E-state index in [-0.39, 0.29) is 0 Å². The molecular formula is C15H25NO. The molecule has 0 aromatic rings. The first kappa shape index (κ1) is 12.9. The predicted molar refractivity (Wildman–Crippen MR) is 68.3 cm³/mol. The Bertz CT molecular complexity index is 331. The molecule has 0 radical (unpaired) electrons. The third kappa shape index (κ3) is 2.10. The van der Waals surface area contributed by atoms with Crippen LogP contribution in [0, 0.1) is 28.1 Å². The quantitative estimate of drug-likeness (QED) is 0.754. The summed E-state index contributed by atoms with van der Waals surface area (Å²) >= 11 is 0. The van der Waals surface area contributed by atoms with Gasteiger partial charge in [-0.1, -0.05) is 20.8 Å². The molecule has 2 aliphatic carbocycles. The van der Waals surface area contributed by atoms with E-state index in [1.54, 1.807) is 0 Å². The Morgan fingerprint density at radius 1 is 1.12 bits per heavy atom. The maximum absolute atomic E-state index is 10.9. The first-order valence-corrected chi connectivity index (χ1v) is 6.96. The summed E-state index contributed by atoms with van der Waals surface area (Å²) in [5.41, 5.74) is -0.835. The number of rotatable bonds is 1. The van der Waals surface area contributed by atoms with Crippen molar-refractivity contribution in [3.05, 3.63) is 0 Å². The highest BCUT2D eigenvalue weighted by atomic mass is 16.3. The monoisotopic (exact) mass is 235 g/mol. The standard InChI is InChI=1S/C15H25NO/c1-12-4-5-14(10-12,11-16)15(17)8-6-13(2,3)7-9-15/h12,17H,4-10H2,1-3H3. The predicted octanol–water partition coefficient (Wildman–Crippen LogP) is 3.65. The van der Waals surface area contributed by atoms with Crippen LogP contribution in [0.1, 0.15) is 65.7 Å². The van der Waals surface area contributed by atoms with E-state index in [0.29, 0.717) is 11.3 Å². The minimum atomic E-state index is -0.720. The molecule has 2 unspecified atom stereocenters. The normalized spacial score (nSPS) is 39.8. The molecule has 2 aliphatic rings. The first-order valence-electron chi connectivity index (χ1n) is 6.96. The summed E-state index contributed by atoms with van der Waals surface area (Å²) in [5.74, 6) is 0.591. The van der Waals surface area contributed by atoms with Gasteiger partial charge < -0.3 is 5.11 Å². The van der Waals surface area contributed by atoms with Gasteiger partial charge in [-0.15, -0.1) is 0 Å². The maximum atomic E-state index is 10.9. The molecule has 2 fully saturated rings. The van der Waals surface area contributed by atoms with E-state index in [1.165, 1.54) is 0 Å². The third-order valence-corrected chi connectivity index (χ3v) is 5.30. The van der Waals surface area contributed by atoms with E-state index < -0.39 is 11.0 Å². The van der Waals surface area contributed by atoms with Crippen molar-refractivity contribution < 1.29 is 5.11 Å². The molecule has 0 aromatic carbocycles. The molecule has 0 heterocycles. The zero-order valence-corrected chi connectivity index (χ0v) is 11.4. The van der Waals surface area contributed by atoms with Gasteiger partial charge in [-0.3, -0.25) is 0 Å². The summed E-state index contributed by atoms with van der Waals surface area (Å²) in [4.78, 5) is 0. The molecule has 2 saturated carbocycles. The van der Waals surface area contributed by atoms with Gasteiger partial charge in [0.25, 0.3) is 0 Å². The summed E-state index contributed by atoms with van der Waals surface area (Å²) in [6.07, 6.45) is 6.57. The topological polar surface area (TPSA) is 44.0 Å². The van der Waals surface area contributed by atoms with Crippen molar-refractivity contribution in [3.63, 3.8) is 0 Å². The van der Waals surface area contributed by atoms with Crippen molar-refractivity contribution in [2.24, 2.45) is 16.7 Å². The van der Waals surface area contributed by atoms with Crippen LogP contribution in [0.2, 0.25) is 0 Å². The minimum absolute atomic E-state index is 0.340. The summed E-state index contributed by atoms with van der Waals surface area (Å²) in [6, 6.07) is 2.50.